The molecule has 1 nitrogen and oxygen atoms in total. The Hall–Kier alpha value is -0.940. The number of thioether (sulfide) groups is 1. The topological polar surface area (TPSA) is 20.2 Å². The highest BCUT2D eigenvalue weighted by Gasteiger charge is 2.28. The Balaban J connectivity index is 2.68. The lowest BCUT2D eigenvalue weighted by molar-refractivity contribution is -0.0328. The molecule has 1 N–H and O–H groups in total. The van der Waals surface area contributed by atoms with Crippen LogP contribution in [0.4, 0.5) is 13.2 Å². The van der Waals surface area contributed by atoms with Crippen LogP contribution in [0.1, 0.15) is 5.56 Å². The zero-order valence-corrected chi connectivity index (χ0v) is 8.48. The maximum absolute atomic E-state index is 12.0. The van der Waals surface area contributed by atoms with E-state index in [-0.39, 0.29) is 23.3 Å². The van der Waals surface area contributed by atoms with Gasteiger partial charge in [-0.3, -0.25) is 0 Å². The molecular formula is C10H9F3OS. The van der Waals surface area contributed by atoms with Crippen LogP contribution in [0.2, 0.25) is 0 Å². The van der Waals surface area contributed by atoms with Crippen LogP contribution in [0.15, 0.2) is 35.2 Å². The van der Waals surface area contributed by atoms with Crippen molar-refractivity contribution >= 4 is 17.8 Å². The summed E-state index contributed by atoms with van der Waals surface area (Å²) in [6.45, 7) is -0.0843. The average molecular weight is 234 g/mol. The first kappa shape index (κ1) is 12.1. The summed E-state index contributed by atoms with van der Waals surface area (Å²) in [6.07, 6.45) is 3.16. The van der Waals surface area contributed by atoms with Crippen LogP contribution in [0.5, 0.6) is 0 Å². The van der Waals surface area contributed by atoms with Crippen LogP contribution in [0.25, 0.3) is 6.08 Å². The smallest absolute Gasteiger partial charge is 0.392 e. The second-order valence-corrected chi connectivity index (χ2v) is 3.84. The highest BCUT2D eigenvalue weighted by Crippen LogP contribution is 2.36. The van der Waals surface area contributed by atoms with Crippen LogP contribution >= 0.6 is 11.8 Å². The molecule has 5 heteroatoms. The second kappa shape index (κ2) is 5.23. The molecule has 0 atom stereocenters. The number of halogens is 3. The van der Waals surface area contributed by atoms with Gasteiger partial charge in [0.15, 0.2) is 0 Å². The molecule has 15 heavy (non-hydrogen) atoms. The summed E-state index contributed by atoms with van der Waals surface area (Å²) in [5.41, 5.74) is -3.49. The van der Waals surface area contributed by atoms with Gasteiger partial charge in [-0.1, -0.05) is 24.3 Å². The number of aliphatic hydroxyl groups excluding tert-OH is 1. The summed E-state index contributed by atoms with van der Waals surface area (Å²) in [5.74, 6) is 0. The molecule has 82 valence electrons. The molecule has 1 aromatic carbocycles. The van der Waals surface area contributed by atoms with Gasteiger partial charge in [0.1, 0.15) is 0 Å². The molecule has 0 fully saturated rings. The van der Waals surface area contributed by atoms with Crippen molar-refractivity contribution in [3.8, 4) is 0 Å². The maximum Gasteiger partial charge on any atom is 0.446 e. The molecule has 0 saturated heterocycles. The van der Waals surface area contributed by atoms with Gasteiger partial charge in [0.2, 0.25) is 0 Å². The van der Waals surface area contributed by atoms with E-state index >= 15 is 0 Å². The molecule has 0 aromatic heterocycles. The average Bonchev–Trinajstić information content (AvgIpc) is 2.14. The summed E-state index contributed by atoms with van der Waals surface area (Å²) in [7, 11) is 0. The van der Waals surface area contributed by atoms with Crippen molar-refractivity contribution in [1.29, 1.82) is 0 Å². The van der Waals surface area contributed by atoms with Crippen LogP contribution < -0.4 is 0 Å². The van der Waals surface area contributed by atoms with Gasteiger partial charge in [-0.25, -0.2) is 0 Å². The van der Waals surface area contributed by atoms with E-state index in [1.165, 1.54) is 18.2 Å². The summed E-state index contributed by atoms with van der Waals surface area (Å²) in [6, 6.07) is 5.94. The van der Waals surface area contributed by atoms with Crippen molar-refractivity contribution in [2.45, 2.75) is 10.4 Å². The largest absolute Gasteiger partial charge is 0.446 e. The molecule has 0 radical (unpaired) electrons. The lowest BCUT2D eigenvalue weighted by atomic mass is 10.2. The molecule has 0 saturated carbocycles. The van der Waals surface area contributed by atoms with E-state index in [0.717, 1.165) is 5.56 Å². The fourth-order valence-corrected chi connectivity index (χ4v) is 1.51. The summed E-state index contributed by atoms with van der Waals surface area (Å²) >= 11 is -0.140. The van der Waals surface area contributed by atoms with Gasteiger partial charge in [0, 0.05) is 4.90 Å². The lowest BCUT2D eigenvalue weighted by Gasteiger charge is -2.05. The molecule has 0 bridgehead atoms. The Morgan fingerprint density at radius 2 is 1.80 bits per heavy atom. The van der Waals surface area contributed by atoms with Crippen LogP contribution in [0.3, 0.4) is 0 Å². The summed E-state index contributed by atoms with van der Waals surface area (Å²) in [5, 5.41) is 8.50. The van der Waals surface area contributed by atoms with Gasteiger partial charge < -0.3 is 5.11 Å². The summed E-state index contributed by atoms with van der Waals surface area (Å²) in [4.78, 5) is 0.156. The number of hydrogen-bond donors (Lipinski definition) is 1. The van der Waals surface area contributed by atoms with Crippen molar-refractivity contribution < 1.29 is 18.3 Å². The second-order valence-electron chi connectivity index (χ2n) is 2.70. The van der Waals surface area contributed by atoms with Crippen LogP contribution in [0, 0.1) is 0 Å². The first-order valence-electron chi connectivity index (χ1n) is 4.14. The Bertz CT molecular complexity index is 330. The van der Waals surface area contributed by atoms with Gasteiger partial charge in [-0.15, -0.1) is 0 Å². The lowest BCUT2D eigenvalue weighted by Crippen LogP contribution is -1.98. The molecule has 0 aliphatic carbocycles. The Morgan fingerprint density at radius 1 is 1.20 bits per heavy atom. The quantitative estimate of drug-likeness (QED) is 0.810. The molecular weight excluding hydrogens is 225 g/mol. The minimum atomic E-state index is -4.25. The van der Waals surface area contributed by atoms with Gasteiger partial charge >= 0.3 is 5.51 Å². The van der Waals surface area contributed by atoms with Gasteiger partial charge in [0.25, 0.3) is 0 Å². The van der Waals surface area contributed by atoms with E-state index in [2.05, 4.69) is 0 Å². The Kier molecular flexibility index (Phi) is 4.23. The van der Waals surface area contributed by atoms with E-state index in [4.69, 9.17) is 5.11 Å². The van der Waals surface area contributed by atoms with E-state index in [1.807, 2.05) is 0 Å². The Morgan fingerprint density at radius 3 is 2.27 bits per heavy atom. The number of benzene rings is 1. The minimum absolute atomic E-state index is 0.0843. The highest BCUT2D eigenvalue weighted by molar-refractivity contribution is 8.00. The third-order valence-electron chi connectivity index (χ3n) is 1.53. The number of aliphatic hydroxyl groups is 1. The molecule has 0 spiro atoms. The zero-order valence-electron chi connectivity index (χ0n) is 7.66. The predicted octanol–water partition coefficient (Wildman–Crippen LogP) is 3.30. The molecule has 0 amide bonds. The molecule has 0 aliphatic heterocycles. The monoisotopic (exact) mass is 234 g/mol. The summed E-state index contributed by atoms with van der Waals surface area (Å²) < 4.78 is 35.9. The minimum Gasteiger partial charge on any atom is -0.392 e. The fraction of sp³-hybridized carbons (Fsp3) is 0.200. The predicted molar refractivity (Wildman–Crippen MR) is 54.5 cm³/mol. The standard InChI is InChI=1S/C10H9F3OS/c11-10(12,13)15-9-5-3-8(4-6-9)2-1-7-14/h1-6,14H,7H2. The van der Waals surface area contributed by atoms with E-state index in [0.29, 0.717) is 0 Å². The third kappa shape index (κ3) is 4.90. The molecule has 0 aliphatic rings. The van der Waals surface area contributed by atoms with Crippen molar-refractivity contribution in [1.82, 2.24) is 0 Å². The van der Waals surface area contributed by atoms with Gasteiger partial charge in [0.05, 0.1) is 6.61 Å². The van der Waals surface area contributed by atoms with Crippen molar-refractivity contribution in [3.63, 3.8) is 0 Å². The number of rotatable bonds is 3. The first-order chi connectivity index (χ1) is 7.01. The first-order valence-corrected chi connectivity index (χ1v) is 4.96. The zero-order chi connectivity index (χ0) is 11.3. The van der Waals surface area contributed by atoms with Gasteiger partial charge in [-0.2, -0.15) is 13.2 Å². The molecule has 0 heterocycles. The number of hydrogen-bond acceptors (Lipinski definition) is 2. The van der Waals surface area contributed by atoms with Gasteiger partial charge in [-0.05, 0) is 29.5 Å². The van der Waals surface area contributed by atoms with Crippen LogP contribution in [-0.2, 0) is 0 Å². The van der Waals surface area contributed by atoms with E-state index < -0.39 is 5.51 Å². The van der Waals surface area contributed by atoms with Crippen molar-refractivity contribution in [3.05, 3.63) is 35.9 Å². The highest BCUT2D eigenvalue weighted by atomic mass is 32.2. The fourth-order valence-electron chi connectivity index (χ4n) is 0.969. The normalized spacial score (nSPS) is 12.3. The molecule has 1 rings (SSSR count). The third-order valence-corrected chi connectivity index (χ3v) is 2.27. The maximum atomic E-state index is 12.0. The van der Waals surface area contributed by atoms with E-state index in [1.54, 1.807) is 18.2 Å². The van der Waals surface area contributed by atoms with Crippen molar-refractivity contribution in [2.24, 2.45) is 0 Å². The van der Waals surface area contributed by atoms with Crippen LogP contribution in [-0.4, -0.2) is 17.2 Å². The Labute approximate surface area is 89.6 Å². The van der Waals surface area contributed by atoms with E-state index in [9.17, 15) is 13.2 Å². The SMILES string of the molecule is OCC=Cc1ccc(SC(F)(F)F)cc1. The number of alkyl halides is 3. The van der Waals surface area contributed by atoms with Crippen molar-refractivity contribution in [2.75, 3.05) is 6.61 Å². The molecule has 1 aromatic rings. The molecule has 0 unspecified atom stereocenters.